The van der Waals surface area contributed by atoms with Gasteiger partial charge in [-0.1, -0.05) is 52.9 Å². The SMILES string of the molecule is C=C/C=C/c1ccc(Br)cc1. The van der Waals surface area contributed by atoms with E-state index in [1.54, 1.807) is 6.08 Å². The molecular formula is C10H9Br. The fourth-order valence-electron chi connectivity index (χ4n) is 0.753. The van der Waals surface area contributed by atoms with Crippen molar-refractivity contribution < 1.29 is 0 Å². The van der Waals surface area contributed by atoms with Crippen molar-refractivity contribution in [1.29, 1.82) is 0 Å². The minimum Gasteiger partial charge on any atom is -0.0991 e. The predicted molar refractivity (Wildman–Crippen MR) is 53.4 cm³/mol. The van der Waals surface area contributed by atoms with Crippen LogP contribution in [0.3, 0.4) is 0 Å². The van der Waals surface area contributed by atoms with Crippen molar-refractivity contribution in [2.45, 2.75) is 0 Å². The first kappa shape index (κ1) is 8.28. The van der Waals surface area contributed by atoms with Crippen LogP contribution >= 0.6 is 15.9 Å². The summed E-state index contributed by atoms with van der Waals surface area (Å²) >= 11 is 3.37. The molecule has 1 rings (SSSR count). The molecule has 0 bridgehead atoms. The third-order valence-electron chi connectivity index (χ3n) is 1.29. The topological polar surface area (TPSA) is 0 Å². The first-order valence-corrected chi connectivity index (χ1v) is 4.17. The van der Waals surface area contributed by atoms with Gasteiger partial charge in [0.1, 0.15) is 0 Å². The molecule has 0 atom stereocenters. The summed E-state index contributed by atoms with van der Waals surface area (Å²) in [7, 11) is 0. The van der Waals surface area contributed by atoms with Gasteiger partial charge in [0.15, 0.2) is 0 Å². The maximum absolute atomic E-state index is 3.60. The van der Waals surface area contributed by atoms with Gasteiger partial charge in [-0.05, 0) is 17.7 Å². The molecule has 1 heteroatoms. The van der Waals surface area contributed by atoms with Crippen molar-refractivity contribution in [2.75, 3.05) is 0 Å². The molecule has 0 aliphatic heterocycles. The lowest BCUT2D eigenvalue weighted by atomic mass is 10.2. The largest absolute Gasteiger partial charge is 0.0991 e. The van der Waals surface area contributed by atoms with E-state index in [9.17, 15) is 0 Å². The molecule has 11 heavy (non-hydrogen) atoms. The molecule has 0 fully saturated rings. The Balaban J connectivity index is 2.81. The molecule has 0 nitrogen and oxygen atoms in total. The molecule has 0 saturated heterocycles. The van der Waals surface area contributed by atoms with Crippen molar-refractivity contribution in [3.8, 4) is 0 Å². The first-order valence-electron chi connectivity index (χ1n) is 3.37. The predicted octanol–water partition coefficient (Wildman–Crippen LogP) is 3.65. The van der Waals surface area contributed by atoms with E-state index in [0.717, 1.165) is 4.47 Å². The van der Waals surface area contributed by atoms with Crippen LogP contribution in [-0.2, 0) is 0 Å². The van der Waals surface area contributed by atoms with Gasteiger partial charge in [-0.15, -0.1) is 0 Å². The van der Waals surface area contributed by atoms with E-state index in [1.165, 1.54) is 5.56 Å². The van der Waals surface area contributed by atoms with Gasteiger partial charge in [-0.3, -0.25) is 0 Å². The van der Waals surface area contributed by atoms with Crippen LogP contribution in [0.4, 0.5) is 0 Å². The Hall–Kier alpha value is -0.820. The van der Waals surface area contributed by atoms with Gasteiger partial charge < -0.3 is 0 Å². The minimum atomic E-state index is 1.10. The molecule has 56 valence electrons. The van der Waals surface area contributed by atoms with Gasteiger partial charge in [-0.25, -0.2) is 0 Å². The zero-order valence-corrected chi connectivity index (χ0v) is 7.71. The van der Waals surface area contributed by atoms with Crippen LogP contribution in [0, 0.1) is 0 Å². The lowest BCUT2D eigenvalue weighted by Crippen LogP contribution is -1.68. The van der Waals surface area contributed by atoms with Gasteiger partial charge >= 0.3 is 0 Å². The summed E-state index contributed by atoms with van der Waals surface area (Å²) in [6.45, 7) is 3.60. The Morgan fingerprint density at radius 1 is 1.18 bits per heavy atom. The lowest BCUT2D eigenvalue weighted by molar-refractivity contribution is 1.61. The molecule has 0 amide bonds. The molecule has 0 unspecified atom stereocenters. The number of hydrogen-bond donors (Lipinski definition) is 0. The van der Waals surface area contributed by atoms with Gasteiger partial charge in [0.2, 0.25) is 0 Å². The maximum Gasteiger partial charge on any atom is 0.0175 e. The summed E-state index contributed by atoms with van der Waals surface area (Å²) in [5.41, 5.74) is 1.19. The monoisotopic (exact) mass is 208 g/mol. The summed E-state index contributed by atoms with van der Waals surface area (Å²) in [6.07, 6.45) is 5.70. The second-order valence-electron chi connectivity index (χ2n) is 2.15. The molecule has 0 N–H and O–H groups in total. The van der Waals surface area contributed by atoms with Crippen molar-refractivity contribution in [2.24, 2.45) is 0 Å². The Bertz CT molecular complexity index is 257. The summed E-state index contributed by atoms with van der Waals surface area (Å²) in [5.74, 6) is 0. The summed E-state index contributed by atoms with van der Waals surface area (Å²) in [6, 6.07) is 8.12. The minimum absolute atomic E-state index is 1.10. The highest BCUT2D eigenvalue weighted by Gasteiger charge is 1.84. The molecule has 0 saturated carbocycles. The smallest absolute Gasteiger partial charge is 0.0175 e. The van der Waals surface area contributed by atoms with Gasteiger partial charge in [0, 0.05) is 4.47 Å². The molecule has 1 aromatic rings. The van der Waals surface area contributed by atoms with Crippen molar-refractivity contribution in [1.82, 2.24) is 0 Å². The fourth-order valence-corrected chi connectivity index (χ4v) is 1.02. The van der Waals surface area contributed by atoms with E-state index < -0.39 is 0 Å². The molecule has 1 aromatic carbocycles. The Morgan fingerprint density at radius 3 is 2.36 bits per heavy atom. The quantitative estimate of drug-likeness (QED) is 0.652. The fraction of sp³-hybridized carbons (Fsp3) is 0. The highest BCUT2D eigenvalue weighted by Crippen LogP contribution is 2.11. The van der Waals surface area contributed by atoms with Crippen LogP contribution in [0.1, 0.15) is 5.56 Å². The van der Waals surface area contributed by atoms with E-state index in [0.29, 0.717) is 0 Å². The van der Waals surface area contributed by atoms with Crippen LogP contribution < -0.4 is 0 Å². The average Bonchev–Trinajstić information content (AvgIpc) is 2.04. The Morgan fingerprint density at radius 2 is 1.82 bits per heavy atom. The van der Waals surface area contributed by atoms with Crippen LogP contribution in [-0.4, -0.2) is 0 Å². The van der Waals surface area contributed by atoms with Crippen molar-refractivity contribution in [3.05, 3.63) is 53.0 Å². The highest BCUT2D eigenvalue weighted by molar-refractivity contribution is 9.10. The van der Waals surface area contributed by atoms with Gasteiger partial charge in [0.25, 0.3) is 0 Å². The Kier molecular flexibility index (Phi) is 3.12. The van der Waals surface area contributed by atoms with E-state index in [4.69, 9.17) is 0 Å². The zero-order valence-electron chi connectivity index (χ0n) is 6.13. The molecule has 0 aliphatic rings. The molecular weight excluding hydrogens is 200 g/mol. The number of benzene rings is 1. The Labute approximate surface area is 75.4 Å². The van der Waals surface area contributed by atoms with Crippen molar-refractivity contribution in [3.63, 3.8) is 0 Å². The van der Waals surface area contributed by atoms with E-state index in [-0.39, 0.29) is 0 Å². The zero-order chi connectivity index (χ0) is 8.10. The second-order valence-corrected chi connectivity index (χ2v) is 3.06. The maximum atomic E-state index is 3.60. The van der Waals surface area contributed by atoms with E-state index in [1.807, 2.05) is 36.4 Å². The third-order valence-corrected chi connectivity index (χ3v) is 1.82. The van der Waals surface area contributed by atoms with Gasteiger partial charge in [-0.2, -0.15) is 0 Å². The van der Waals surface area contributed by atoms with Crippen LogP contribution in [0.25, 0.3) is 6.08 Å². The molecule has 0 radical (unpaired) electrons. The molecule has 0 aliphatic carbocycles. The normalized spacial score (nSPS) is 10.3. The number of hydrogen-bond acceptors (Lipinski definition) is 0. The number of allylic oxidation sites excluding steroid dienone is 2. The summed E-state index contributed by atoms with van der Waals surface area (Å²) in [4.78, 5) is 0. The first-order chi connectivity index (χ1) is 5.33. The van der Waals surface area contributed by atoms with E-state index >= 15 is 0 Å². The summed E-state index contributed by atoms with van der Waals surface area (Å²) in [5, 5.41) is 0. The van der Waals surface area contributed by atoms with E-state index in [2.05, 4.69) is 22.5 Å². The standard InChI is InChI=1S/C10H9Br/c1-2-3-4-9-5-7-10(11)8-6-9/h2-8H,1H2/b4-3+. The van der Waals surface area contributed by atoms with Crippen LogP contribution in [0.2, 0.25) is 0 Å². The highest BCUT2D eigenvalue weighted by atomic mass is 79.9. The summed E-state index contributed by atoms with van der Waals surface area (Å²) < 4.78 is 1.10. The second kappa shape index (κ2) is 4.14. The lowest BCUT2D eigenvalue weighted by Gasteiger charge is -1.91. The van der Waals surface area contributed by atoms with Gasteiger partial charge in [0.05, 0.1) is 0 Å². The third kappa shape index (κ3) is 2.72. The number of halogens is 1. The average molecular weight is 209 g/mol. The van der Waals surface area contributed by atoms with Crippen LogP contribution in [0.5, 0.6) is 0 Å². The number of rotatable bonds is 2. The molecule has 0 spiro atoms. The van der Waals surface area contributed by atoms with Crippen molar-refractivity contribution >= 4 is 22.0 Å². The molecule has 0 heterocycles. The molecule has 0 aromatic heterocycles. The van der Waals surface area contributed by atoms with Crippen LogP contribution in [0.15, 0.2) is 47.5 Å².